The fourth-order valence-corrected chi connectivity index (χ4v) is 2.74. The quantitative estimate of drug-likeness (QED) is 0.869. The molecule has 0 aliphatic carbocycles. The number of pyridine rings is 1. The number of carbonyl (C=O) groups is 1. The number of likely N-dealkylation sites (tertiary alicyclic amines) is 1. The van der Waals surface area contributed by atoms with Crippen LogP contribution in [-0.4, -0.2) is 61.0 Å². The van der Waals surface area contributed by atoms with Gasteiger partial charge in [0.25, 0.3) is 5.91 Å². The highest BCUT2D eigenvalue weighted by molar-refractivity contribution is 5.93. The van der Waals surface area contributed by atoms with E-state index in [0.29, 0.717) is 11.5 Å². The summed E-state index contributed by atoms with van der Waals surface area (Å²) in [6.45, 7) is 6.04. The zero-order valence-electron chi connectivity index (χ0n) is 13.3. The van der Waals surface area contributed by atoms with E-state index in [0.717, 1.165) is 38.4 Å². The number of rotatable bonds is 6. The Bertz CT molecular complexity index is 460. The first-order valence-corrected chi connectivity index (χ1v) is 7.74. The van der Waals surface area contributed by atoms with Gasteiger partial charge in [0, 0.05) is 32.9 Å². The second-order valence-corrected chi connectivity index (χ2v) is 5.96. The maximum atomic E-state index is 12.4. The number of nitrogens with zero attached hydrogens (tertiary/aromatic N) is 3. The Hall–Kier alpha value is -1.62. The number of amides is 1. The second-order valence-electron chi connectivity index (χ2n) is 5.96. The van der Waals surface area contributed by atoms with Crippen LogP contribution in [0.15, 0.2) is 18.3 Å². The lowest BCUT2D eigenvalue weighted by Gasteiger charge is -2.21. The van der Waals surface area contributed by atoms with Crippen LogP contribution in [0.2, 0.25) is 0 Å². The monoisotopic (exact) mass is 290 g/mol. The van der Waals surface area contributed by atoms with Crippen LogP contribution < -0.4 is 5.32 Å². The van der Waals surface area contributed by atoms with Crippen LogP contribution in [0.3, 0.4) is 0 Å². The predicted molar refractivity (Wildman–Crippen MR) is 85.6 cm³/mol. The van der Waals surface area contributed by atoms with Gasteiger partial charge >= 0.3 is 0 Å². The molecule has 116 valence electrons. The molecule has 0 radical (unpaired) electrons. The summed E-state index contributed by atoms with van der Waals surface area (Å²) in [5, 5.41) is 3.21. The Morgan fingerprint density at radius 2 is 2.33 bits per heavy atom. The molecule has 1 amide bonds. The van der Waals surface area contributed by atoms with Gasteiger partial charge in [-0.2, -0.15) is 0 Å². The van der Waals surface area contributed by atoms with Gasteiger partial charge in [0.2, 0.25) is 0 Å². The Morgan fingerprint density at radius 3 is 2.90 bits per heavy atom. The van der Waals surface area contributed by atoms with Gasteiger partial charge in [0.15, 0.2) is 0 Å². The van der Waals surface area contributed by atoms with E-state index in [2.05, 4.69) is 29.2 Å². The van der Waals surface area contributed by atoms with Crippen molar-refractivity contribution in [2.24, 2.45) is 5.92 Å². The van der Waals surface area contributed by atoms with E-state index in [-0.39, 0.29) is 5.91 Å². The summed E-state index contributed by atoms with van der Waals surface area (Å²) in [4.78, 5) is 20.8. The molecular weight excluding hydrogens is 264 g/mol. The number of hydrogen-bond acceptors (Lipinski definition) is 4. The van der Waals surface area contributed by atoms with Gasteiger partial charge in [0.1, 0.15) is 5.82 Å². The summed E-state index contributed by atoms with van der Waals surface area (Å²) in [7, 11) is 4.01. The summed E-state index contributed by atoms with van der Waals surface area (Å²) in [6, 6.07) is 3.73. The lowest BCUT2D eigenvalue weighted by atomic mass is 10.1. The van der Waals surface area contributed by atoms with Crippen molar-refractivity contribution < 1.29 is 4.79 Å². The minimum atomic E-state index is 0.0547. The van der Waals surface area contributed by atoms with E-state index in [9.17, 15) is 4.79 Å². The molecule has 1 aromatic rings. The topological polar surface area (TPSA) is 48.5 Å². The largest absolute Gasteiger partial charge is 0.370 e. The molecule has 1 saturated heterocycles. The molecule has 1 aliphatic rings. The van der Waals surface area contributed by atoms with E-state index in [4.69, 9.17) is 0 Å². The Labute approximate surface area is 127 Å². The fraction of sp³-hybridized carbons (Fsp3) is 0.625. The molecule has 0 spiro atoms. The maximum Gasteiger partial charge on any atom is 0.255 e. The third-order valence-electron chi connectivity index (χ3n) is 3.93. The van der Waals surface area contributed by atoms with Crippen molar-refractivity contribution in [2.45, 2.75) is 19.8 Å². The molecule has 21 heavy (non-hydrogen) atoms. The summed E-state index contributed by atoms with van der Waals surface area (Å²) >= 11 is 0. The average Bonchev–Trinajstić information content (AvgIpc) is 2.90. The van der Waals surface area contributed by atoms with E-state index < -0.39 is 0 Å². The minimum absolute atomic E-state index is 0.0547. The molecule has 2 rings (SSSR count). The highest BCUT2D eigenvalue weighted by Gasteiger charge is 2.23. The molecule has 1 unspecified atom stereocenters. The van der Waals surface area contributed by atoms with Crippen LogP contribution in [0.5, 0.6) is 0 Å². The first-order valence-electron chi connectivity index (χ1n) is 7.74. The van der Waals surface area contributed by atoms with Gasteiger partial charge in [-0.05, 0) is 44.5 Å². The van der Waals surface area contributed by atoms with Crippen LogP contribution in [-0.2, 0) is 0 Å². The maximum absolute atomic E-state index is 12.4. The molecule has 1 aromatic heterocycles. The molecular formula is C16H26N4O. The number of aromatic nitrogens is 1. The number of anilines is 1. The highest BCUT2D eigenvalue weighted by atomic mass is 16.2. The Morgan fingerprint density at radius 1 is 1.52 bits per heavy atom. The van der Waals surface area contributed by atoms with E-state index >= 15 is 0 Å². The van der Waals surface area contributed by atoms with Crippen molar-refractivity contribution in [1.29, 1.82) is 0 Å². The van der Waals surface area contributed by atoms with Gasteiger partial charge in [-0.3, -0.25) is 4.79 Å². The third-order valence-corrected chi connectivity index (χ3v) is 3.93. The van der Waals surface area contributed by atoms with Crippen LogP contribution in [0.1, 0.15) is 30.1 Å². The fourth-order valence-electron chi connectivity index (χ4n) is 2.74. The Balaban J connectivity index is 1.89. The number of nitrogens with one attached hydrogen (secondary N) is 1. The first-order chi connectivity index (χ1) is 10.1. The highest BCUT2D eigenvalue weighted by Crippen LogP contribution is 2.16. The molecule has 1 fully saturated rings. The van der Waals surface area contributed by atoms with E-state index in [1.165, 1.54) is 6.42 Å². The summed E-state index contributed by atoms with van der Waals surface area (Å²) in [5.74, 6) is 1.47. The van der Waals surface area contributed by atoms with Crippen molar-refractivity contribution in [3.63, 3.8) is 0 Å². The van der Waals surface area contributed by atoms with Gasteiger partial charge in [-0.25, -0.2) is 4.98 Å². The van der Waals surface area contributed by atoms with Crippen molar-refractivity contribution in [1.82, 2.24) is 14.8 Å². The zero-order chi connectivity index (χ0) is 15.2. The predicted octanol–water partition coefficient (Wildman–Crippen LogP) is 1.93. The first kappa shape index (κ1) is 15.8. The minimum Gasteiger partial charge on any atom is -0.370 e. The van der Waals surface area contributed by atoms with Crippen molar-refractivity contribution >= 4 is 11.7 Å². The van der Waals surface area contributed by atoms with Crippen LogP contribution >= 0.6 is 0 Å². The normalized spacial score (nSPS) is 18.7. The van der Waals surface area contributed by atoms with Gasteiger partial charge in [-0.15, -0.1) is 0 Å². The molecule has 0 bridgehead atoms. The summed E-state index contributed by atoms with van der Waals surface area (Å²) in [6.07, 6.45) is 3.89. The van der Waals surface area contributed by atoms with Crippen LogP contribution in [0.25, 0.3) is 0 Å². The van der Waals surface area contributed by atoms with Gasteiger partial charge < -0.3 is 15.1 Å². The van der Waals surface area contributed by atoms with Crippen LogP contribution in [0.4, 0.5) is 5.82 Å². The molecule has 1 aliphatic heterocycles. The standard InChI is InChI=1S/C16H26N4O/c1-4-8-17-15-6-5-14(10-18-15)16(21)20(3)12-13-7-9-19(2)11-13/h5-6,10,13H,4,7-9,11-12H2,1-3H3,(H,17,18). The van der Waals surface area contributed by atoms with E-state index in [1.54, 1.807) is 6.20 Å². The molecule has 1 N–H and O–H groups in total. The van der Waals surface area contributed by atoms with Crippen molar-refractivity contribution in [2.75, 3.05) is 45.6 Å². The smallest absolute Gasteiger partial charge is 0.255 e. The second kappa shape index (κ2) is 7.41. The zero-order valence-corrected chi connectivity index (χ0v) is 13.3. The SMILES string of the molecule is CCCNc1ccc(C(=O)N(C)CC2CCN(C)C2)cn1. The molecule has 5 nitrogen and oxygen atoms in total. The van der Waals surface area contributed by atoms with Gasteiger partial charge in [0.05, 0.1) is 5.56 Å². The Kier molecular flexibility index (Phi) is 5.56. The van der Waals surface area contributed by atoms with Gasteiger partial charge in [-0.1, -0.05) is 6.92 Å². The molecule has 1 atom stereocenters. The number of hydrogen-bond donors (Lipinski definition) is 1. The average molecular weight is 290 g/mol. The number of carbonyl (C=O) groups excluding carboxylic acids is 1. The molecule has 2 heterocycles. The molecule has 5 heteroatoms. The summed E-state index contributed by atoms with van der Waals surface area (Å²) < 4.78 is 0. The lowest BCUT2D eigenvalue weighted by molar-refractivity contribution is 0.0773. The third kappa shape index (κ3) is 4.43. The van der Waals surface area contributed by atoms with Crippen molar-refractivity contribution in [3.05, 3.63) is 23.9 Å². The lowest BCUT2D eigenvalue weighted by Crippen LogP contribution is -2.32. The molecule has 0 aromatic carbocycles. The summed E-state index contributed by atoms with van der Waals surface area (Å²) in [5.41, 5.74) is 0.658. The molecule has 0 saturated carbocycles. The van der Waals surface area contributed by atoms with Crippen LogP contribution in [0, 0.1) is 5.92 Å². The van der Waals surface area contributed by atoms with Crippen molar-refractivity contribution in [3.8, 4) is 0 Å². The van der Waals surface area contributed by atoms with E-state index in [1.807, 2.05) is 24.1 Å².